The zero-order chi connectivity index (χ0) is 23.1. The van der Waals surface area contributed by atoms with E-state index in [1.807, 2.05) is 61.2 Å². The fourth-order valence-electron chi connectivity index (χ4n) is 4.05. The minimum atomic E-state index is -0.340. The Bertz CT molecular complexity index is 1110. The molecule has 170 valence electrons. The first-order chi connectivity index (χ1) is 15.5. The number of aromatic nitrogens is 2. The van der Waals surface area contributed by atoms with Gasteiger partial charge in [0, 0.05) is 20.1 Å². The number of amides is 1. The van der Waals surface area contributed by atoms with Crippen LogP contribution in [0.5, 0.6) is 0 Å². The quantitative estimate of drug-likeness (QED) is 0.464. The highest BCUT2D eigenvalue weighted by molar-refractivity contribution is 5.79. The Morgan fingerprint density at radius 3 is 2.44 bits per heavy atom. The minimum absolute atomic E-state index is 0.0479. The van der Waals surface area contributed by atoms with Gasteiger partial charge in [-0.05, 0) is 49.1 Å². The van der Waals surface area contributed by atoms with Crippen LogP contribution in [-0.2, 0) is 16.0 Å². The Morgan fingerprint density at radius 1 is 1.09 bits per heavy atom. The van der Waals surface area contributed by atoms with Crippen molar-refractivity contribution in [1.29, 1.82) is 0 Å². The summed E-state index contributed by atoms with van der Waals surface area (Å²) in [6.07, 6.45) is 2.77. The topological polar surface area (TPSA) is 64.4 Å². The molecule has 3 rings (SSSR count). The van der Waals surface area contributed by atoms with Crippen molar-refractivity contribution in [3.05, 3.63) is 70.3 Å². The first-order valence-electron chi connectivity index (χ1n) is 11.4. The number of benzene rings is 2. The van der Waals surface area contributed by atoms with Crippen molar-refractivity contribution in [2.24, 2.45) is 0 Å². The molecule has 1 atom stereocenters. The molecule has 0 spiro atoms. The third-order valence-electron chi connectivity index (χ3n) is 5.79. The molecule has 0 N–H and O–H groups in total. The van der Waals surface area contributed by atoms with E-state index >= 15 is 0 Å². The van der Waals surface area contributed by atoms with E-state index in [2.05, 4.69) is 6.92 Å². The van der Waals surface area contributed by atoms with Gasteiger partial charge in [0.15, 0.2) is 0 Å². The molecule has 1 amide bonds. The minimum Gasteiger partial charge on any atom is -0.383 e. The molecule has 1 unspecified atom stereocenters. The molecule has 0 radical (unpaired) electrons. The van der Waals surface area contributed by atoms with Crippen LogP contribution in [0, 0.1) is 0 Å². The van der Waals surface area contributed by atoms with Crippen molar-refractivity contribution in [3.63, 3.8) is 0 Å². The molecule has 32 heavy (non-hydrogen) atoms. The summed E-state index contributed by atoms with van der Waals surface area (Å²) in [7, 11) is 1.63. The molecule has 0 aliphatic rings. The number of aryl methyl sites for hydroxylation is 1. The predicted octanol–water partition coefficient (Wildman–Crippen LogP) is 4.67. The molecule has 0 saturated carbocycles. The summed E-state index contributed by atoms with van der Waals surface area (Å²) in [5.74, 6) is 0.632. The van der Waals surface area contributed by atoms with Gasteiger partial charge in [0.25, 0.3) is 5.56 Å². The molecule has 0 aliphatic carbocycles. The van der Waals surface area contributed by atoms with Crippen molar-refractivity contribution in [2.45, 2.75) is 52.5 Å². The average Bonchev–Trinajstić information content (AvgIpc) is 2.82. The van der Waals surface area contributed by atoms with Crippen molar-refractivity contribution in [3.8, 4) is 5.69 Å². The summed E-state index contributed by atoms with van der Waals surface area (Å²) >= 11 is 0. The van der Waals surface area contributed by atoms with Gasteiger partial charge in [-0.1, -0.05) is 45.0 Å². The van der Waals surface area contributed by atoms with E-state index in [1.54, 1.807) is 17.7 Å². The van der Waals surface area contributed by atoms with Crippen LogP contribution in [0.15, 0.2) is 53.3 Å². The van der Waals surface area contributed by atoms with Crippen LogP contribution >= 0.6 is 0 Å². The van der Waals surface area contributed by atoms with Gasteiger partial charge in [-0.25, -0.2) is 4.98 Å². The Morgan fingerprint density at radius 2 is 1.81 bits per heavy atom. The van der Waals surface area contributed by atoms with Crippen LogP contribution in [0.2, 0.25) is 0 Å². The number of rotatable bonds is 10. The Kier molecular flexibility index (Phi) is 8.17. The molecular formula is C26H33N3O3. The summed E-state index contributed by atoms with van der Waals surface area (Å²) in [4.78, 5) is 33.5. The number of carbonyl (C=O) groups excluding carboxylic acids is 1. The van der Waals surface area contributed by atoms with E-state index in [0.717, 1.165) is 18.5 Å². The number of para-hydroxylation sites is 1. The second kappa shape index (κ2) is 11.0. The van der Waals surface area contributed by atoms with E-state index in [-0.39, 0.29) is 17.5 Å². The normalized spacial score (nSPS) is 12.1. The van der Waals surface area contributed by atoms with Crippen molar-refractivity contribution >= 4 is 16.8 Å². The molecule has 6 heteroatoms. The Hall–Kier alpha value is -2.99. The highest BCUT2D eigenvalue weighted by Crippen LogP contribution is 2.27. The van der Waals surface area contributed by atoms with E-state index in [0.29, 0.717) is 42.7 Å². The second-order valence-corrected chi connectivity index (χ2v) is 7.90. The average molecular weight is 436 g/mol. The van der Waals surface area contributed by atoms with Gasteiger partial charge in [-0.15, -0.1) is 0 Å². The monoisotopic (exact) mass is 435 g/mol. The summed E-state index contributed by atoms with van der Waals surface area (Å²) in [6, 6.07) is 15.0. The molecule has 0 fully saturated rings. The highest BCUT2D eigenvalue weighted by atomic mass is 16.5. The number of ether oxygens (including phenoxy) is 1. The lowest BCUT2D eigenvalue weighted by Gasteiger charge is -2.32. The zero-order valence-electron chi connectivity index (χ0n) is 19.5. The van der Waals surface area contributed by atoms with Gasteiger partial charge in [-0.2, -0.15) is 0 Å². The van der Waals surface area contributed by atoms with E-state index in [9.17, 15) is 9.59 Å². The largest absolute Gasteiger partial charge is 0.383 e. The third kappa shape index (κ3) is 4.91. The molecule has 1 heterocycles. The maximum atomic E-state index is 13.7. The summed E-state index contributed by atoms with van der Waals surface area (Å²) in [5.41, 5.74) is 2.47. The molecule has 1 aromatic heterocycles. The number of methoxy groups -OCH3 is 1. The van der Waals surface area contributed by atoms with Gasteiger partial charge in [0.1, 0.15) is 5.82 Å². The number of nitrogens with zero attached hydrogens (tertiary/aromatic N) is 3. The summed E-state index contributed by atoms with van der Waals surface area (Å²) in [5, 5.41) is 0.564. The zero-order valence-corrected chi connectivity index (χ0v) is 19.5. The van der Waals surface area contributed by atoms with Crippen LogP contribution in [0.25, 0.3) is 16.6 Å². The molecule has 0 aliphatic heterocycles. The van der Waals surface area contributed by atoms with Crippen molar-refractivity contribution < 1.29 is 9.53 Å². The summed E-state index contributed by atoms with van der Waals surface area (Å²) < 4.78 is 6.96. The molecule has 2 aromatic carbocycles. The lowest BCUT2D eigenvalue weighted by molar-refractivity contribution is -0.134. The number of fused-ring (bicyclic) bond motifs is 1. The van der Waals surface area contributed by atoms with Crippen LogP contribution in [0.3, 0.4) is 0 Å². The Balaban J connectivity index is 2.25. The maximum absolute atomic E-state index is 13.7. The highest BCUT2D eigenvalue weighted by Gasteiger charge is 2.28. The van der Waals surface area contributed by atoms with E-state index in [4.69, 9.17) is 9.72 Å². The lowest BCUT2D eigenvalue weighted by atomic mass is 10.1. The lowest BCUT2D eigenvalue weighted by Crippen LogP contribution is -2.40. The molecule has 0 saturated heterocycles. The first kappa shape index (κ1) is 23.7. The van der Waals surface area contributed by atoms with Gasteiger partial charge >= 0.3 is 0 Å². The fraction of sp³-hybridized carbons (Fsp3) is 0.423. The first-order valence-corrected chi connectivity index (χ1v) is 11.4. The third-order valence-corrected chi connectivity index (χ3v) is 5.79. The number of hydrogen-bond acceptors (Lipinski definition) is 4. The van der Waals surface area contributed by atoms with Gasteiger partial charge in [0.2, 0.25) is 5.91 Å². The maximum Gasteiger partial charge on any atom is 0.266 e. The van der Waals surface area contributed by atoms with E-state index in [1.165, 1.54) is 5.56 Å². The van der Waals surface area contributed by atoms with Crippen molar-refractivity contribution in [2.75, 3.05) is 20.3 Å². The predicted molar refractivity (Wildman–Crippen MR) is 128 cm³/mol. The van der Waals surface area contributed by atoms with E-state index < -0.39 is 0 Å². The van der Waals surface area contributed by atoms with Crippen LogP contribution in [-0.4, -0.2) is 40.6 Å². The van der Waals surface area contributed by atoms with Crippen LogP contribution < -0.4 is 5.56 Å². The number of hydrogen-bond donors (Lipinski definition) is 0. The molecular weight excluding hydrogens is 402 g/mol. The Labute approximate surface area is 189 Å². The van der Waals surface area contributed by atoms with Crippen molar-refractivity contribution in [1.82, 2.24) is 14.5 Å². The van der Waals surface area contributed by atoms with Crippen LogP contribution in [0.4, 0.5) is 0 Å². The molecule has 6 nitrogen and oxygen atoms in total. The smallest absolute Gasteiger partial charge is 0.266 e. The van der Waals surface area contributed by atoms with Gasteiger partial charge in [-0.3, -0.25) is 14.2 Å². The van der Waals surface area contributed by atoms with Gasteiger partial charge in [0.05, 0.1) is 29.2 Å². The standard InChI is InChI=1S/C26H33N3O3/c1-5-10-24(30)28(17-18-32-4)23(7-3)25-27-22-12-9-8-11-21(22)26(31)29(25)20-15-13-19(6-2)14-16-20/h8-9,11-16,23H,5-7,10,17-18H2,1-4H3. The van der Waals surface area contributed by atoms with Crippen LogP contribution in [0.1, 0.15) is 57.5 Å². The fourth-order valence-corrected chi connectivity index (χ4v) is 4.05. The molecule has 0 bridgehead atoms. The van der Waals surface area contributed by atoms with Gasteiger partial charge < -0.3 is 9.64 Å². The second-order valence-electron chi connectivity index (χ2n) is 7.90. The SMILES string of the molecule is CCCC(=O)N(CCOC)C(CC)c1nc2ccccc2c(=O)n1-c1ccc(CC)cc1. The number of carbonyl (C=O) groups is 1. The summed E-state index contributed by atoms with van der Waals surface area (Å²) in [6.45, 7) is 6.99. The molecule has 3 aromatic rings.